The summed E-state index contributed by atoms with van der Waals surface area (Å²) < 4.78 is 38.9. The normalized spacial score (nSPS) is 8.88. The summed E-state index contributed by atoms with van der Waals surface area (Å²) in [7, 11) is 3.28. The third-order valence-corrected chi connectivity index (χ3v) is 2.55. The fraction of sp³-hybridized carbons (Fsp3) is 0.389. The first-order chi connectivity index (χ1) is 11.7. The Morgan fingerprint density at radius 3 is 2.00 bits per heavy atom. The minimum Gasteiger partial charge on any atom is 0 e. The smallest absolute Gasteiger partial charge is 0 e. The zero-order valence-corrected chi connectivity index (χ0v) is 16.0. The average Bonchev–Trinajstić information content (AvgIpc) is 2.66. The molecule has 0 heterocycles. The molecule has 0 N–H and O–H groups in total. The van der Waals surface area contributed by atoms with E-state index in [4.69, 9.17) is 28.2 Å². The maximum atomic E-state index is 7.50. The first kappa shape index (κ1) is 31.2. The van der Waals surface area contributed by atoms with E-state index in [1.165, 1.54) is 5.57 Å². The van der Waals surface area contributed by atoms with E-state index in [1.807, 2.05) is 24.3 Å². The molecule has 0 aliphatic rings. The molecule has 0 saturated heterocycles. The molecule has 1 aromatic rings. The molecule has 0 fully saturated rings. The molecule has 0 saturated carbocycles. The molecule has 0 unspecified atom stereocenters. The van der Waals surface area contributed by atoms with Crippen molar-refractivity contribution in [3.8, 4) is 5.75 Å². The second-order valence-electron chi connectivity index (χ2n) is 4.25. The van der Waals surface area contributed by atoms with Crippen LogP contribution in [0.15, 0.2) is 35.9 Å². The molecule has 1 aromatic carbocycles. The number of hydrogen-bond donors (Lipinski definition) is 0. The number of rotatable bonds is 7. The van der Waals surface area contributed by atoms with Gasteiger partial charge in [-0.05, 0) is 26.3 Å². The van der Waals surface area contributed by atoms with Crippen LogP contribution in [0.5, 0.6) is 5.75 Å². The molecule has 7 heteroatoms. The molecule has 1 rings (SSSR count). The average molecular weight is 386 g/mol. The second-order valence-corrected chi connectivity index (χ2v) is 4.25. The number of allylic oxidation sites excluding steroid dienone is 1. The molecule has 25 heavy (non-hydrogen) atoms. The summed E-state index contributed by atoms with van der Waals surface area (Å²) in [6, 6.07) is 7.73. The first-order valence-electron chi connectivity index (χ1n) is 6.71. The van der Waals surface area contributed by atoms with Gasteiger partial charge in [-0.2, -0.15) is 0 Å². The topological polar surface area (TPSA) is 87.4 Å². The Balaban J connectivity index is -0.000000284. The van der Waals surface area contributed by atoms with Crippen LogP contribution in [0.4, 0.5) is 0 Å². The fourth-order valence-corrected chi connectivity index (χ4v) is 1.67. The molecule has 0 spiro atoms. The Bertz CT molecular complexity index is 490. The van der Waals surface area contributed by atoms with Crippen molar-refractivity contribution in [3.05, 3.63) is 61.4 Å². The van der Waals surface area contributed by atoms with Crippen molar-refractivity contribution in [2.45, 2.75) is 26.6 Å². The number of benzene rings is 1. The summed E-state index contributed by atoms with van der Waals surface area (Å²) in [5.74, 6) is 0.784. The SMILES string of the molecule is COc1ccccc1[C@H](OC)OCCC=C(C)C.[C-]#[O+].[C-]#[O+].[C-]#[O+].[Cr]. The second kappa shape index (κ2) is 24.7. The predicted octanol–water partition coefficient (Wildman–Crippen LogP) is 3.60. The molecular weight excluding hydrogens is 364 g/mol. The Morgan fingerprint density at radius 2 is 1.56 bits per heavy atom. The number of ether oxygens (including phenoxy) is 3. The Morgan fingerprint density at radius 1 is 1.04 bits per heavy atom. The summed E-state index contributed by atoms with van der Waals surface area (Å²) in [6.45, 7) is 18.3. The van der Waals surface area contributed by atoms with Crippen molar-refractivity contribution in [2.24, 2.45) is 0 Å². The van der Waals surface area contributed by atoms with Crippen molar-refractivity contribution in [1.82, 2.24) is 0 Å². The van der Waals surface area contributed by atoms with Gasteiger partial charge >= 0.3 is 33.9 Å². The van der Waals surface area contributed by atoms with E-state index in [0.29, 0.717) is 6.61 Å². The zero-order valence-electron chi connectivity index (χ0n) is 14.7. The molecule has 1 atom stereocenters. The van der Waals surface area contributed by atoms with Gasteiger partial charge in [0.15, 0.2) is 6.29 Å². The van der Waals surface area contributed by atoms with Crippen LogP contribution in [-0.4, -0.2) is 20.8 Å². The third kappa shape index (κ3) is 15.7. The van der Waals surface area contributed by atoms with Crippen molar-refractivity contribution in [3.63, 3.8) is 0 Å². The molecular formula is C18H22CrO6. The summed E-state index contributed by atoms with van der Waals surface area (Å²) >= 11 is 0. The molecule has 6 nitrogen and oxygen atoms in total. The van der Waals surface area contributed by atoms with Crippen LogP contribution in [0.3, 0.4) is 0 Å². The van der Waals surface area contributed by atoms with Crippen LogP contribution >= 0.6 is 0 Å². The van der Waals surface area contributed by atoms with Crippen LogP contribution in [0, 0.1) is 20.0 Å². The number of methoxy groups -OCH3 is 2. The Labute approximate surface area is 160 Å². The minimum absolute atomic E-state index is 0. The standard InChI is InChI=1S/C15H22O3.3CO.Cr/c1-12(2)8-7-11-18-15(17-4)13-9-5-6-10-14(13)16-3;3*1-2;/h5-6,8-10,15H,7,11H2,1-4H3;;;;/t15-;;;;/m1..../s1. The van der Waals surface area contributed by atoms with Crippen LogP contribution in [0.2, 0.25) is 0 Å². The van der Waals surface area contributed by atoms with Crippen molar-refractivity contribution < 1.29 is 45.5 Å². The van der Waals surface area contributed by atoms with Gasteiger partial charge in [0.25, 0.3) is 0 Å². The molecule has 0 amide bonds. The molecule has 0 aliphatic carbocycles. The van der Waals surface area contributed by atoms with E-state index in [-0.39, 0.29) is 23.7 Å². The first-order valence-corrected chi connectivity index (χ1v) is 6.71. The molecule has 0 aliphatic heterocycles. The predicted molar refractivity (Wildman–Crippen MR) is 84.5 cm³/mol. The summed E-state index contributed by atoms with van der Waals surface area (Å²) in [4.78, 5) is 0. The fourth-order valence-electron chi connectivity index (χ4n) is 1.67. The molecule has 0 bridgehead atoms. The van der Waals surface area contributed by atoms with E-state index in [2.05, 4.69) is 39.9 Å². The van der Waals surface area contributed by atoms with E-state index in [1.54, 1.807) is 14.2 Å². The largest absolute Gasteiger partial charge is 0 e. The van der Waals surface area contributed by atoms with Gasteiger partial charge in [-0.25, -0.2) is 0 Å². The van der Waals surface area contributed by atoms with Gasteiger partial charge in [0.05, 0.1) is 13.7 Å². The molecule has 0 aromatic heterocycles. The van der Waals surface area contributed by atoms with Gasteiger partial charge in [0.1, 0.15) is 5.75 Å². The number of hydrogen-bond acceptors (Lipinski definition) is 3. The zero-order chi connectivity index (χ0) is 19.4. The van der Waals surface area contributed by atoms with Gasteiger partial charge in [-0.3, -0.25) is 0 Å². The maximum absolute atomic E-state index is 7.50. The molecule has 0 radical (unpaired) electrons. The summed E-state index contributed by atoms with van der Waals surface area (Å²) in [5, 5.41) is 0. The van der Waals surface area contributed by atoms with E-state index < -0.39 is 0 Å². The monoisotopic (exact) mass is 386 g/mol. The summed E-state index contributed by atoms with van der Waals surface area (Å²) in [6.07, 6.45) is 2.65. The van der Waals surface area contributed by atoms with Crippen molar-refractivity contribution in [1.29, 1.82) is 0 Å². The quantitative estimate of drug-likeness (QED) is 0.236. The van der Waals surface area contributed by atoms with Crippen molar-refractivity contribution >= 4 is 0 Å². The van der Waals surface area contributed by atoms with Crippen LogP contribution < -0.4 is 4.74 Å². The number of para-hydroxylation sites is 1. The Kier molecular flexibility index (Phi) is 30.8. The van der Waals surface area contributed by atoms with E-state index in [0.717, 1.165) is 17.7 Å². The van der Waals surface area contributed by atoms with E-state index >= 15 is 0 Å². The van der Waals surface area contributed by atoms with Gasteiger partial charge in [0, 0.05) is 30.0 Å². The third-order valence-electron chi connectivity index (χ3n) is 2.55. The van der Waals surface area contributed by atoms with Gasteiger partial charge in [-0.1, -0.05) is 29.8 Å². The summed E-state index contributed by atoms with van der Waals surface area (Å²) in [5.41, 5.74) is 2.21. The van der Waals surface area contributed by atoms with Crippen molar-refractivity contribution in [2.75, 3.05) is 20.8 Å². The van der Waals surface area contributed by atoms with Gasteiger partial charge in [0.2, 0.25) is 0 Å². The Hall–Kier alpha value is -1.57. The van der Waals surface area contributed by atoms with Crippen LogP contribution in [-0.2, 0) is 40.8 Å². The molecule has 136 valence electrons. The van der Waals surface area contributed by atoms with E-state index in [9.17, 15) is 0 Å². The van der Waals surface area contributed by atoms with Gasteiger partial charge in [-0.15, -0.1) is 0 Å². The maximum Gasteiger partial charge on any atom is 0 e. The van der Waals surface area contributed by atoms with Crippen LogP contribution in [0.25, 0.3) is 0 Å². The minimum atomic E-state index is -0.383. The van der Waals surface area contributed by atoms with Crippen LogP contribution in [0.1, 0.15) is 32.1 Å². The van der Waals surface area contributed by atoms with Gasteiger partial charge < -0.3 is 14.2 Å².